The first-order chi connectivity index (χ1) is 8.08. The minimum atomic E-state index is -0.584. The largest absolute Gasteiger partial charge is 0.495 e. The molecular weight excluding hydrogens is 292 g/mol. The molecule has 6 heteroatoms. The summed E-state index contributed by atoms with van der Waals surface area (Å²) in [6.07, 6.45) is 1.54. The normalized spacial score (nSPS) is 9.76. The zero-order chi connectivity index (χ0) is 12.8. The molecule has 0 saturated heterocycles. The molecule has 0 N–H and O–H groups in total. The molecule has 0 amide bonds. The van der Waals surface area contributed by atoms with Crippen LogP contribution in [0.25, 0.3) is 0 Å². The predicted octanol–water partition coefficient (Wildman–Crippen LogP) is 2.03. The maximum atomic E-state index is 11.3. The molecule has 1 rings (SSSR count). The molecular formula is C11H11BrO5. The highest BCUT2D eigenvalue weighted by molar-refractivity contribution is 9.10. The van der Waals surface area contributed by atoms with Gasteiger partial charge in [0, 0.05) is 6.07 Å². The van der Waals surface area contributed by atoms with Gasteiger partial charge in [-0.2, -0.15) is 0 Å². The molecule has 0 bridgehead atoms. The van der Waals surface area contributed by atoms with Gasteiger partial charge in [0.1, 0.15) is 22.6 Å². The van der Waals surface area contributed by atoms with Crippen LogP contribution in [0.2, 0.25) is 0 Å². The van der Waals surface area contributed by atoms with Gasteiger partial charge in [0.05, 0.1) is 13.5 Å². The summed E-state index contributed by atoms with van der Waals surface area (Å²) in [5.41, 5.74) is -0.584. The molecule has 0 saturated carbocycles. The maximum Gasteiger partial charge on any atom is 0.354 e. The number of esters is 1. The number of hydrogen-bond donors (Lipinski definition) is 0. The van der Waals surface area contributed by atoms with Crippen molar-refractivity contribution in [3.05, 3.63) is 39.4 Å². The van der Waals surface area contributed by atoms with Crippen molar-refractivity contribution in [1.29, 1.82) is 0 Å². The summed E-state index contributed by atoms with van der Waals surface area (Å²) in [5, 5.41) is 0. The molecule has 5 nitrogen and oxygen atoms in total. The van der Waals surface area contributed by atoms with Crippen molar-refractivity contribution in [1.82, 2.24) is 0 Å². The van der Waals surface area contributed by atoms with Crippen molar-refractivity contribution in [3.8, 4) is 5.75 Å². The summed E-state index contributed by atoms with van der Waals surface area (Å²) in [6.45, 7) is 3.29. The van der Waals surface area contributed by atoms with E-state index in [1.807, 2.05) is 0 Å². The first-order valence-electron chi connectivity index (χ1n) is 4.71. The van der Waals surface area contributed by atoms with Crippen LogP contribution >= 0.6 is 15.9 Å². The standard InChI is InChI=1S/C11H11BrO5/c1-3-4-9(13)16-6-7-5-8(15-2)10(12)11(14)17-7/h3,5H,1,4,6H2,2H3. The average Bonchev–Trinajstić information content (AvgIpc) is 2.31. The fourth-order valence-electron chi connectivity index (χ4n) is 1.05. The Labute approximate surface area is 106 Å². The first kappa shape index (κ1) is 13.5. The second-order valence-corrected chi connectivity index (χ2v) is 3.83. The average molecular weight is 303 g/mol. The third-order valence-electron chi connectivity index (χ3n) is 1.82. The first-order valence-corrected chi connectivity index (χ1v) is 5.50. The SMILES string of the molecule is C=CCC(=O)OCc1cc(OC)c(Br)c(=O)o1. The van der Waals surface area contributed by atoms with Crippen molar-refractivity contribution in [2.75, 3.05) is 7.11 Å². The van der Waals surface area contributed by atoms with E-state index >= 15 is 0 Å². The second kappa shape index (κ2) is 6.24. The van der Waals surface area contributed by atoms with E-state index in [2.05, 4.69) is 22.5 Å². The van der Waals surface area contributed by atoms with Crippen LogP contribution in [0.15, 0.2) is 32.4 Å². The fraction of sp³-hybridized carbons (Fsp3) is 0.273. The highest BCUT2D eigenvalue weighted by Crippen LogP contribution is 2.22. The number of carbonyl (C=O) groups is 1. The number of halogens is 1. The summed E-state index contributed by atoms with van der Waals surface area (Å²) in [4.78, 5) is 22.4. The zero-order valence-corrected chi connectivity index (χ0v) is 10.8. The van der Waals surface area contributed by atoms with E-state index in [1.165, 1.54) is 19.3 Å². The van der Waals surface area contributed by atoms with Gasteiger partial charge in [0.2, 0.25) is 0 Å². The summed E-state index contributed by atoms with van der Waals surface area (Å²) >= 11 is 3.03. The van der Waals surface area contributed by atoms with Crippen LogP contribution in [0, 0.1) is 0 Å². The van der Waals surface area contributed by atoms with Crippen LogP contribution in [-0.2, 0) is 16.1 Å². The maximum absolute atomic E-state index is 11.3. The number of methoxy groups -OCH3 is 1. The summed E-state index contributed by atoms with van der Waals surface area (Å²) in [6, 6.07) is 1.48. The van der Waals surface area contributed by atoms with Crippen LogP contribution in [0.3, 0.4) is 0 Å². The van der Waals surface area contributed by atoms with Gasteiger partial charge in [0.15, 0.2) is 0 Å². The molecule has 0 aliphatic carbocycles. The van der Waals surface area contributed by atoms with Crippen molar-refractivity contribution >= 4 is 21.9 Å². The Morgan fingerprint density at radius 3 is 2.94 bits per heavy atom. The topological polar surface area (TPSA) is 65.7 Å². The van der Waals surface area contributed by atoms with E-state index in [9.17, 15) is 9.59 Å². The molecule has 0 aliphatic heterocycles. The van der Waals surface area contributed by atoms with Crippen molar-refractivity contribution in [3.63, 3.8) is 0 Å². The minimum absolute atomic E-state index is 0.109. The molecule has 0 radical (unpaired) electrons. The van der Waals surface area contributed by atoms with Crippen LogP contribution in [0.5, 0.6) is 5.75 Å². The van der Waals surface area contributed by atoms with Gasteiger partial charge in [0.25, 0.3) is 0 Å². The number of hydrogen-bond acceptors (Lipinski definition) is 5. The Morgan fingerprint density at radius 1 is 1.65 bits per heavy atom. The Bertz CT molecular complexity index is 477. The van der Waals surface area contributed by atoms with Gasteiger partial charge in [-0.15, -0.1) is 6.58 Å². The number of rotatable bonds is 5. The van der Waals surface area contributed by atoms with Crippen molar-refractivity contribution in [2.24, 2.45) is 0 Å². The molecule has 0 fully saturated rings. The molecule has 1 aromatic heterocycles. The molecule has 1 aromatic rings. The van der Waals surface area contributed by atoms with Gasteiger partial charge in [-0.05, 0) is 15.9 Å². The zero-order valence-electron chi connectivity index (χ0n) is 9.20. The van der Waals surface area contributed by atoms with E-state index in [-0.39, 0.29) is 23.3 Å². The monoisotopic (exact) mass is 302 g/mol. The lowest BCUT2D eigenvalue weighted by Crippen LogP contribution is -2.08. The second-order valence-electron chi connectivity index (χ2n) is 3.04. The smallest absolute Gasteiger partial charge is 0.354 e. The lowest BCUT2D eigenvalue weighted by atomic mass is 10.4. The molecule has 0 unspecified atom stereocenters. The third-order valence-corrected chi connectivity index (χ3v) is 2.53. The van der Waals surface area contributed by atoms with Crippen LogP contribution < -0.4 is 10.4 Å². The summed E-state index contributed by atoms with van der Waals surface area (Å²) in [7, 11) is 1.42. The Kier molecular flexibility index (Phi) is 4.96. The van der Waals surface area contributed by atoms with Gasteiger partial charge in [-0.3, -0.25) is 4.79 Å². The highest BCUT2D eigenvalue weighted by Gasteiger charge is 2.11. The molecule has 92 valence electrons. The molecule has 0 atom stereocenters. The predicted molar refractivity (Wildman–Crippen MR) is 63.8 cm³/mol. The number of ether oxygens (including phenoxy) is 2. The van der Waals surface area contributed by atoms with Crippen LogP contribution in [0.4, 0.5) is 0 Å². The van der Waals surface area contributed by atoms with E-state index in [1.54, 1.807) is 0 Å². The van der Waals surface area contributed by atoms with Gasteiger partial charge < -0.3 is 13.9 Å². The Hall–Kier alpha value is -1.56. The van der Waals surface area contributed by atoms with E-state index < -0.39 is 11.6 Å². The van der Waals surface area contributed by atoms with Crippen molar-refractivity contribution in [2.45, 2.75) is 13.0 Å². The van der Waals surface area contributed by atoms with E-state index in [4.69, 9.17) is 13.9 Å². The lowest BCUT2D eigenvalue weighted by Gasteiger charge is -2.05. The molecule has 0 aliphatic rings. The lowest BCUT2D eigenvalue weighted by molar-refractivity contribution is -0.144. The van der Waals surface area contributed by atoms with Crippen LogP contribution in [-0.4, -0.2) is 13.1 Å². The van der Waals surface area contributed by atoms with Crippen molar-refractivity contribution < 1.29 is 18.7 Å². The highest BCUT2D eigenvalue weighted by atomic mass is 79.9. The molecule has 0 aromatic carbocycles. The van der Waals surface area contributed by atoms with Crippen LogP contribution in [0.1, 0.15) is 12.2 Å². The van der Waals surface area contributed by atoms with Gasteiger partial charge >= 0.3 is 11.6 Å². The minimum Gasteiger partial charge on any atom is -0.495 e. The molecule has 0 spiro atoms. The van der Waals surface area contributed by atoms with Gasteiger partial charge in [-0.25, -0.2) is 4.79 Å². The Morgan fingerprint density at radius 2 is 2.35 bits per heavy atom. The summed E-state index contributed by atoms with van der Waals surface area (Å²) < 4.78 is 14.9. The van der Waals surface area contributed by atoms with E-state index in [0.717, 1.165) is 0 Å². The fourth-order valence-corrected chi connectivity index (χ4v) is 1.41. The Balaban J connectivity index is 2.79. The van der Waals surface area contributed by atoms with E-state index in [0.29, 0.717) is 5.75 Å². The number of carbonyl (C=O) groups excluding carboxylic acids is 1. The quantitative estimate of drug-likeness (QED) is 0.615. The molecule has 17 heavy (non-hydrogen) atoms. The molecule has 1 heterocycles. The van der Waals surface area contributed by atoms with Gasteiger partial charge in [-0.1, -0.05) is 6.08 Å². The third kappa shape index (κ3) is 3.74. The summed E-state index contributed by atoms with van der Waals surface area (Å²) in [5.74, 6) is 0.105.